The molecule has 2 aromatic carbocycles. The molecule has 1 amide bonds. The molecule has 168 valence electrons. The van der Waals surface area contributed by atoms with Gasteiger partial charge in [0, 0.05) is 22.8 Å². The number of hydrogen-bond donors (Lipinski definition) is 1. The highest BCUT2D eigenvalue weighted by Gasteiger charge is 2.16. The average Bonchev–Trinajstić information content (AvgIpc) is 3.08. The first-order valence-corrected chi connectivity index (χ1v) is 10.7. The summed E-state index contributed by atoms with van der Waals surface area (Å²) in [6.45, 7) is 9.82. The van der Waals surface area contributed by atoms with E-state index in [1.54, 1.807) is 31.2 Å². The van der Waals surface area contributed by atoms with Gasteiger partial charge in [-0.1, -0.05) is 18.2 Å². The van der Waals surface area contributed by atoms with Crippen molar-refractivity contribution in [2.75, 3.05) is 11.9 Å². The van der Waals surface area contributed by atoms with Gasteiger partial charge >= 0.3 is 5.97 Å². The Kier molecular flexibility index (Phi) is 7.14. The van der Waals surface area contributed by atoms with Gasteiger partial charge in [-0.05, 0) is 87.7 Å². The predicted molar refractivity (Wildman–Crippen MR) is 129 cm³/mol. The number of esters is 1. The van der Waals surface area contributed by atoms with E-state index in [0.29, 0.717) is 17.9 Å². The zero-order chi connectivity index (χ0) is 24.1. The molecule has 0 saturated heterocycles. The van der Waals surface area contributed by atoms with Crippen LogP contribution in [0.4, 0.5) is 5.69 Å². The van der Waals surface area contributed by atoms with E-state index in [1.165, 1.54) is 0 Å². The standard InChI is InChI=1S/C27H27N3O3/c1-6-33-27(32)21-10-8-11-24(15-21)30-18(3)13-22(20(30)5)14-23(16-28)26(31)29-25-12-7-9-17(2)19(25)4/h7-15H,6H2,1-5H3,(H,29,31)/b23-14+. The maximum absolute atomic E-state index is 12.8. The quantitative estimate of drug-likeness (QED) is 0.314. The largest absolute Gasteiger partial charge is 0.462 e. The van der Waals surface area contributed by atoms with E-state index < -0.39 is 5.91 Å². The van der Waals surface area contributed by atoms with Gasteiger partial charge < -0.3 is 14.6 Å². The lowest BCUT2D eigenvalue weighted by Crippen LogP contribution is -2.14. The summed E-state index contributed by atoms with van der Waals surface area (Å²) < 4.78 is 7.08. The lowest BCUT2D eigenvalue weighted by Gasteiger charge is -2.11. The number of amides is 1. The first-order chi connectivity index (χ1) is 15.8. The summed E-state index contributed by atoms with van der Waals surface area (Å²) in [5.41, 5.74) is 6.48. The molecular formula is C27H27N3O3. The first-order valence-electron chi connectivity index (χ1n) is 10.7. The van der Waals surface area contributed by atoms with Crippen LogP contribution in [0.2, 0.25) is 0 Å². The molecule has 6 nitrogen and oxygen atoms in total. The fourth-order valence-electron chi connectivity index (χ4n) is 3.70. The third-order valence-electron chi connectivity index (χ3n) is 5.60. The molecule has 0 fully saturated rings. The SMILES string of the molecule is CCOC(=O)c1cccc(-n2c(C)cc(/C=C(\C#N)C(=O)Nc3cccc(C)c3C)c2C)c1. The Bertz CT molecular complexity index is 1290. The van der Waals surface area contributed by atoms with E-state index in [0.717, 1.165) is 33.8 Å². The van der Waals surface area contributed by atoms with Crippen LogP contribution < -0.4 is 5.32 Å². The van der Waals surface area contributed by atoms with E-state index >= 15 is 0 Å². The van der Waals surface area contributed by atoms with Crippen molar-refractivity contribution < 1.29 is 14.3 Å². The van der Waals surface area contributed by atoms with Crippen molar-refractivity contribution in [2.45, 2.75) is 34.6 Å². The van der Waals surface area contributed by atoms with Gasteiger partial charge in [0.2, 0.25) is 0 Å². The van der Waals surface area contributed by atoms with Crippen molar-refractivity contribution >= 4 is 23.6 Å². The number of rotatable bonds is 6. The summed E-state index contributed by atoms with van der Waals surface area (Å²) in [5, 5.41) is 12.5. The van der Waals surface area contributed by atoms with Gasteiger partial charge in [-0.15, -0.1) is 0 Å². The Morgan fingerprint density at radius 1 is 1.09 bits per heavy atom. The second-order valence-electron chi connectivity index (χ2n) is 7.80. The highest BCUT2D eigenvalue weighted by Crippen LogP contribution is 2.24. The Morgan fingerprint density at radius 3 is 2.52 bits per heavy atom. The minimum Gasteiger partial charge on any atom is -0.462 e. The van der Waals surface area contributed by atoms with Gasteiger partial charge in [0.25, 0.3) is 5.91 Å². The highest BCUT2D eigenvalue weighted by molar-refractivity contribution is 6.10. The lowest BCUT2D eigenvalue weighted by molar-refractivity contribution is -0.112. The molecule has 0 unspecified atom stereocenters. The van der Waals surface area contributed by atoms with E-state index in [1.807, 2.05) is 68.7 Å². The van der Waals surface area contributed by atoms with Crippen LogP contribution in [0, 0.1) is 39.0 Å². The number of carbonyl (C=O) groups is 2. The number of benzene rings is 2. The minimum atomic E-state index is -0.458. The number of ether oxygens (including phenoxy) is 1. The smallest absolute Gasteiger partial charge is 0.338 e. The zero-order valence-corrected chi connectivity index (χ0v) is 19.5. The Labute approximate surface area is 194 Å². The predicted octanol–water partition coefficient (Wildman–Crippen LogP) is 5.43. The van der Waals surface area contributed by atoms with Crippen LogP contribution in [-0.4, -0.2) is 23.1 Å². The molecule has 3 aromatic rings. The molecule has 1 aromatic heterocycles. The summed E-state index contributed by atoms with van der Waals surface area (Å²) in [4.78, 5) is 24.9. The lowest BCUT2D eigenvalue weighted by atomic mass is 10.1. The number of nitriles is 1. The van der Waals surface area contributed by atoms with Crippen molar-refractivity contribution in [3.8, 4) is 11.8 Å². The monoisotopic (exact) mass is 441 g/mol. The minimum absolute atomic E-state index is 0.0106. The van der Waals surface area contributed by atoms with Crippen molar-refractivity contribution in [2.24, 2.45) is 0 Å². The zero-order valence-electron chi connectivity index (χ0n) is 19.5. The maximum atomic E-state index is 12.8. The van der Waals surface area contributed by atoms with Gasteiger partial charge in [-0.3, -0.25) is 4.79 Å². The number of carbonyl (C=O) groups excluding carboxylic acids is 2. The van der Waals surface area contributed by atoms with Crippen LogP contribution in [0.25, 0.3) is 11.8 Å². The van der Waals surface area contributed by atoms with Gasteiger partial charge in [0.1, 0.15) is 11.6 Å². The van der Waals surface area contributed by atoms with E-state index in [4.69, 9.17) is 4.74 Å². The molecular weight excluding hydrogens is 414 g/mol. The summed E-state index contributed by atoms with van der Waals surface area (Å²) >= 11 is 0. The molecule has 0 aliphatic heterocycles. The second kappa shape index (κ2) is 10.0. The average molecular weight is 442 g/mol. The summed E-state index contributed by atoms with van der Waals surface area (Å²) in [6, 6.07) is 16.8. The van der Waals surface area contributed by atoms with E-state index in [2.05, 4.69) is 5.32 Å². The van der Waals surface area contributed by atoms with Crippen LogP contribution in [0.3, 0.4) is 0 Å². The molecule has 3 rings (SSSR count). The van der Waals surface area contributed by atoms with Crippen LogP contribution in [0.1, 0.15) is 45.4 Å². The molecule has 1 heterocycles. The normalized spacial score (nSPS) is 11.1. The number of anilines is 1. The molecule has 1 N–H and O–H groups in total. The summed E-state index contributed by atoms with van der Waals surface area (Å²) in [7, 11) is 0. The molecule has 0 spiro atoms. The van der Waals surface area contributed by atoms with Crippen molar-refractivity contribution in [3.63, 3.8) is 0 Å². The third kappa shape index (κ3) is 5.04. The van der Waals surface area contributed by atoms with Crippen LogP contribution in [-0.2, 0) is 9.53 Å². The fraction of sp³-hybridized carbons (Fsp3) is 0.222. The number of nitrogens with zero attached hydrogens (tertiary/aromatic N) is 2. The topological polar surface area (TPSA) is 84.1 Å². The van der Waals surface area contributed by atoms with Crippen molar-refractivity contribution in [1.82, 2.24) is 4.57 Å². The van der Waals surface area contributed by atoms with Gasteiger partial charge in [-0.25, -0.2) is 4.79 Å². The van der Waals surface area contributed by atoms with Gasteiger partial charge in [-0.2, -0.15) is 5.26 Å². The molecule has 0 saturated carbocycles. The molecule has 0 radical (unpaired) electrons. The van der Waals surface area contributed by atoms with E-state index in [-0.39, 0.29) is 11.5 Å². The Balaban J connectivity index is 1.95. The molecule has 0 aliphatic carbocycles. The van der Waals surface area contributed by atoms with E-state index in [9.17, 15) is 14.9 Å². The van der Waals surface area contributed by atoms with Crippen molar-refractivity contribution in [1.29, 1.82) is 5.26 Å². The van der Waals surface area contributed by atoms with Crippen molar-refractivity contribution in [3.05, 3.63) is 87.7 Å². The molecule has 0 bridgehead atoms. The Morgan fingerprint density at radius 2 is 1.82 bits per heavy atom. The maximum Gasteiger partial charge on any atom is 0.338 e. The summed E-state index contributed by atoms with van der Waals surface area (Å²) in [5.74, 6) is -0.836. The molecule has 0 aliphatic rings. The fourth-order valence-corrected chi connectivity index (χ4v) is 3.70. The number of aryl methyl sites for hydroxylation is 2. The molecule has 6 heteroatoms. The van der Waals surface area contributed by atoms with Gasteiger partial charge in [0.05, 0.1) is 12.2 Å². The number of nitrogens with one attached hydrogen (secondary N) is 1. The first kappa shape index (κ1) is 23.6. The van der Waals surface area contributed by atoms with Crippen LogP contribution in [0.15, 0.2) is 54.1 Å². The summed E-state index contributed by atoms with van der Waals surface area (Å²) in [6.07, 6.45) is 1.59. The number of aromatic nitrogens is 1. The highest BCUT2D eigenvalue weighted by atomic mass is 16.5. The third-order valence-corrected chi connectivity index (χ3v) is 5.60. The Hall–Kier alpha value is -4.11. The molecule has 33 heavy (non-hydrogen) atoms. The van der Waals surface area contributed by atoms with Crippen LogP contribution in [0.5, 0.6) is 0 Å². The number of hydrogen-bond acceptors (Lipinski definition) is 4. The van der Waals surface area contributed by atoms with Crippen LogP contribution >= 0.6 is 0 Å². The molecule has 0 atom stereocenters. The second-order valence-corrected chi connectivity index (χ2v) is 7.80. The van der Waals surface area contributed by atoms with Gasteiger partial charge in [0.15, 0.2) is 0 Å².